The molecule has 0 saturated carbocycles. The van der Waals surface area contributed by atoms with Gasteiger partial charge >= 0.3 is 0 Å². The molecule has 0 radical (unpaired) electrons. The van der Waals surface area contributed by atoms with Gasteiger partial charge in [0.05, 0.1) is 0 Å². The monoisotopic (exact) mass is 250 g/mol. The molecule has 0 spiro atoms. The molecule has 0 saturated heterocycles. The Balaban J connectivity index is 2.53. The molecule has 15 heavy (non-hydrogen) atoms. The lowest BCUT2D eigenvalue weighted by atomic mass is 10.5. The standard InChI is InChI=1S/C8H14N2O3S2/c1-13-4-2-3-10-15(11,12)8-5-7(9)6-14-8/h5-6,10H,2-4,9H2,1H3. The molecule has 0 atom stereocenters. The number of anilines is 1. The van der Waals surface area contributed by atoms with Crippen LogP contribution in [0.5, 0.6) is 0 Å². The number of hydrogen-bond donors (Lipinski definition) is 2. The second-order valence-electron chi connectivity index (χ2n) is 2.94. The van der Waals surface area contributed by atoms with Gasteiger partial charge in [0.1, 0.15) is 4.21 Å². The summed E-state index contributed by atoms with van der Waals surface area (Å²) in [4.78, 5) is 0. The number of methoxy groups -OCH3 is 1. The van der Waals surface area contributed by atoms with E-state index in [4.69, 9.17) is 10.5 Å². The molecule has 0 aliphatic heterocycles. The van der Waals surface area contributed by atoms with Gasteiger partial charge < -0.3 is 10.5 Å². The summed E-state index contributed by atoms with van der Waals surface area (Å²) in [7, 11) is -1.81. The Morgan fingerprint density at radius 1 is 1.60 bits per heavy atom. The SMILES string of the molecule is COCCCNS(=O)(=O)c1cc(N)cs1. The molecule has 0 aliphatic rings. The third kappa shape index (κ3) is 3.78. The molecular formula is C8H14N2O3S2. The van der Waals surface area contributed by atoms with Crippen LogP contribution in [0.4, 0.5) is 5.69 Å². The Labute approximate surface area is 93.3 Å². The van der Waals surface area contributed by atoms with Crippen LogP contribution in [0.3, 0.4) is 0 Å². The normalized spacial score (nSPS) is 11.8. The number of nitrogens with one attached hydrogen (secondary N) is 1. The van der Waals surface area contributed by atoms with E-state index in [9.17, 15) is 8.42 Å². The molecule has 0 unspecified atom stereocenters. The van der Waals surface area contributed by atoms with Crippen molar-refractivity contribution in [3.05, 3.63) is 11.4 Å². The molecule has 1 aromatic rings. The summed E-state index contributed by atoms with van der Waals surface area (Å²) < 4.78 is 30.8. The quantitative estimate of drug-likeness (QED) is 0.726. The molecule has 0 fully saturated rings. The molecule has 1 heterocycles. The summed E-state index contributed by atoms with van der Waals surface area (Å²) in [6, 6.07) is 1.45. The van der Waals surface area contributed by atoms with Crippen LogP contribution >= 0.6 is 11.3 Å². The number of ether oxygens (including phenoxy) is 1. The van der Waals surface area contributed by atoms with Crippen molar-refractivity contribution in [2.75, 3.05) is 26.0 Å². The van der Waals surface area contributed by atoms with Gasteiger partial charge in [-0.15, -0.1) is 11.3 Å². The summed E-state index contributed by atoms with van der Waals surface area (Å²) in [5.74, 6) is 0. The first-order valence-corrected chi connectivity index (χ1v) is 6.75. The smallest absolute Gasteiger partial charge is 0.250 e. The van der Waals surface area contributed by atoms with E-state index in [2.05, 4.69) is 4.72 Å². The molecule has 0 aromatic carbocycles. The summed E-state index contributed by atoms with van der Waals surface area (Å²) in [6.45, 7) is 0.906. The van der Waals surface area contributed by atoms with Crippen molar-refractivity contribution in [1.29, 1.82) is 0 Å². The first-order valence-electron chi connectivity index (χ1n) is 4.39. The van der Waals surface area contributed by atoms with E-state index in [1.807, 2.05) is 0 Å². The van der Waals surface area contributed by atoms with Crippen LogP contribution in [0.25, 0.3) is 0 Å². The molecule has 5 nitrogen and oxygen atoms in total. The van der Waals surface area contributed by atoms with Crippen LogP contribution in [-0.4, -0.2) is 28.7 Å². The Morgan fingerprint density at radius 3 is 2.87 bits per heavy atom. The first-order chi connectivity index (χ1) is 7.06. The lowest BCUT2D eigenvalue weighted by molar-refractivity contribution is 0.196. The predicted octanol–water partition coefficient (Wildman–Crippen LogP) is 0.645. The van der Waals surface area contributed by atoms with Gasteiger partial charge in [0, 0.05) is 31.3 Å². The first kappa shape index (κ1) is 12.4. The zero-order chi connectivity index (χ0) is 11.3. The van der Waals surface area contributed by atoms with Gasteiger partial charge in [0.15, 0.2) is 0 Å². The van der Waals surface area contributed by atoms with Crippen molar-refractivity contribution in [3.63, 3.8) is 0 Å². The molecule has 0 bridgehead atoms. The van der Waals surface area contributed by atoms with Crippen molar-refractivity contribution >= 4 is 27.0 Å². The van der Waals surface area contributed by atoms with Crippen molar-refractivity contribution in [3.8, 4) is 0 Å². The number of hydrogen-bond acceptors (Lipinski definition) is 5. The number of sulfonamides is 1. The minimum absolute atomic E-state index is 0.248. The number of nitrogen functional groups attached to an aromatic ring is 1. The second kappa shape index (κ2) is 5.45. The minimum Gasteiger partial charge on any atom is -0.398 e. The third-order valence-corrected chi connectivity index (χ3v) is 4.60. The highest BCUT2D eigenvalue weighted by molar-refractivity contribution is 7.91. The Morgan fingerprint density at radius 2 is 2.33 bits per heavy atom. The third-order valence-electron chi connectivity index (χ3n) is 1.68. The molecular weight excluding hydrogens is 236 g/mol. The molecule has 86 valence electrons. The zero-order valence-corrected chi connectivity index (χ0v) is 10.0. The number of rotatable bonds is 6. The Hall–Kier alpha value is -0.630. The fourth-order valence-electron chi connectivity index (χ4n) is 0.965. The minimum atomic E-state index is -3.39. The van der Waals surface area contributed by atoms with Gasteiger partial charge in [-0.05, 0) is 12.5 Å². The molecule has 1 rings (SSSR count). The van der Waals surface area contributed by atoms with Crippen molar-refractivity contribution in [1.82, 2.24) is 4.72 Å². The van der Waals surface area contributed by atoms with Gasteiger partial charge in [-0.3, -0.25) is 0 Å². The van der Waals surface area contributed by atoms with Gasteiger partial charge in [-0.25, -0.2) is 13.1 Å². The number of thiophene rings is 1. The summed E-state index contributed by atoms with van der Waals surface area (Å²) >= 11 is 1.11. The predicted molar refractivity (Wildman–Crippen MR) is 60.4 cm³/mol. The molecule has 7 heteroatoms. The lowest BCUT2D eigenvalue weighted by Crippen LogP contribution is -2.24. The lowest BCUT2D eigenvalue weighted by Gasteiger charge is -2.03. The highest BCUT2D eigenvalue weighted by atomic mass is 32.2. The van der Waals surface area contributed by atoms with E-state index in [1.165, 1.54) is 6.07 Å². The Kier molecular flexibility index (Phi) is 4.52. The van der Waals surface area contributed by atoms with E-state index in [-0.39, 0.29) is 4.21 Å². The van der Waals surface area contributed by atoms with Crippen LogP contribution in [0.1, 0.15) is 6.42 Å². The van der Waals surface area contributed by atoms with Gasteiger partial charge in [-0.1, -0.05) is 0 Å². The second-order valence-corrected chi connectivity index (χ2v) is 5.85. The average molecular weight is 250 g/mol. The summed E-state index contributed by atoms with van der Waals surface area (Å²) in [5, 5.41) is 1.60. The molecule has 0 amide bonds. The molecule has 3 N–H and O–H groups in total. The maximum absolute atomic E-state index is 11.6. The van der Waals surface area contributed by atoms with Gasteiger partial charge in [-0.2, -0.15) is 0 Å². The van der Waals surface area contributed by atoms with Crippen LogP contribution in [0.15, 0.2) is 15.7 Å². The fraction of sp³-hybridized carbons (Fsp3) is 0.500. The maximum atomic E-state index is 11.6. The van der Waals surface area contributed by atoms with E-state index in [1.54, 1.807) is 12.5 Å². The van der Waals surface area contributed by atoms with Crippen LogP contribution in [-0.2, 0) is 14.8 Å². The van der Waals surface area contributed by atoms with Gasteiger partial charge in [0.2, 0.25) is 10.0 Å². The topological polar surface area (TPSA) is 81.4 Å². The van der Waals surface area contributed by atoms with E-state index >= 15 is 0 Å². The zero-order valence-electron chi connectivity index (χ0n) is 8.39. The highest BCUT2D eigenvalue weighted by Gasteiger charge is 2.15. The highest BCUT2D eigenvalue weighted by Crippen LogP contribution is 2.20. The van der Waals surface area contributed by atoms with Crippen LogP contribution < -0.4 is 10.5 Å². The van der Waals surface area contributed by atoms with E-state index in [0.29, 0.717) is 25.3 Å². The van der Waals surface area contributed by atoms with Crippen LogP contribution in [0.2, 0.25) is 0 Å². The van der Waals surface area contributed by atoms with Crippen molar-refractivity contribution in [2.45, 2.75) is 10.6 Å². The number of nitrogens with two attached hydrogens (primary N) is 1. The average Bonchev–Trinajstić information content (AvgIpc) is 2.60. The Bertz CT molecular complexity index is 400. The van der Waals surface area contributed by atoms with Crippen LogP contribution in [0, 0.1) is 0 Å². The van der Waals surface area contributed by atoms with E-state index in [0.717, 1.165) is 11.3 Å². The van der Waals surface area contributed by atoms with Crippen molar-refractivity contribution in [2.24, 2.45) is 0 Å². The largest absolute Gasteiger partial charge is 0.398 e. The van der Waals surface area contributed by atoms with Crippen molar-refractivity contribution < 1.29 is 13.2 Å². The fourth-order valence-corrected chi connectivity index (χ4v) is 3.16. The van der Waals surface area contributed by atoms with Gasteiger partial charge in [0.25, 0.3) is 0 Å². The van der Waals surface area contributed by atoms with E-state index < -0.39 is 10.0 Å². The maximum Gasteiger partial charge on any atom is 0.250 e. The molecule has 1 aromatic heterocycles. The summed E-state index contributed by atoms with van der Waals surface area (Å²) in [5.41, 5.74) is 5.92. The molecule has 0 aliphatic carbocycles. The summed E-state index contributed by atoms with van der Waals surface area (Å²) in [6.07, 6.45) is 0.649.